The molecule has 0 aromatic heterocycles. The molecule has 0 spiro atoms. The Morgan fingerprint density at radius 1 is 1.13 bits per heavy atom. The molecule has 0 bridgehead atoms. The molecular weight excluding hydrogens is 286 g/mol. The van der Waals surface area contributed by atoms with Crippen LogP contribution in [0, 0.1) is 0 Å². The standard InChI is InChI=1S/C19H23N3O/c1-4-15-9-14(11-21-13(2)3)10-16(19(15)23)12-22-18-7-5-17(20)6-8-18/h5-13,23H,4,20H2,1-3H3. The van der Waals surface area contributed by atoms with E-state index >= 15 is 0 Å². The summed E-state index contributed by atoms with van der Waals surface area (Å²) in [6.45, 7) is 6.07. The summed E-state index contributed by atoms with van der Waals surface area (Å²) >= 11 is 0. The van der Waals surface area contributed by atoms with E-state index < -0.39 is 0 Å². The summed E-state index contributed by atoms with van der Waals surface area (Å²) in [6, 6.07) is 11.4. The summed E-state index contributed by atoms with van der Waals surface area (Å²) in [5, 5.41) is 10.4. The van der Waals surface area contributed by atoms with Gasteiger partial charge in [0.25, 0.3) is 0 Å². The van der Waals surface area contributed by atoms with E-state index in [-0.39, 0.29) is 11.8 Å². The number of rotatable bonds is 5. The van der Waals surface area contributed by atoms with Crippen LogP contribution in [0.4, 0.5) is 11.4 Å². The number of hydrogen-bond acceptors (Lipinski definition) is 4. The Bertz CT molecular complexity index is 716. The van der Waals surface area contributed by atoms with Gasteiger partial charge in [-0.1, -0.05) is 6.92 Å². The monoisotopic (exact) mass is 309 g/mol. The molecule has 0 aliphatic carbocycles. The molecule has 0 saturated carbocycles. The van der Waals surface area contributed by atoms with Crippen molar-refractivity contribution in [2.75, 3.05) is 5.73 Å². The number of nitrogens with zero attached hydrogens (tertiary/aromatic N) is 2. The fourth-order valence-corrected chi connectivity index (χ4v) is 2.13. The number of hydrogen-bond donors (Lipinski definition) is 2. The Morgan fingerprint density at radius 2 is 1.83 bits per heavy atom. The number of aryl methyl sites for hydroxylation is 1. The predicted molar refractivity (Wildman–Crippen MR) is 98.3 cm³/mol. The highest BCUT2D eigenvalue weighted by molar-refractivity contribution is 5.90. The first-order valence-electron chi connectivity index (χ1n) is 7.78. The minimum Gasteiger partial charge on any atom is -0.507 e. The van der Waals surface area contributed by atoms with Gasteiger partial charge >= 0.3 is 0 Å². The van der Waals surface area contributed by atoms with Gasteiger partial charge in [0, 0.05) is 29.7 Å². The van der Waals surface area contributed by atoms with Crippen molar-refractivity contribution >= 4 is 23.8 Å². The molecule has 0 unspecified atom stereocenters. The van der Waals surface area contributed by atoms with Crippen LogP contribution in [0.1, 0.15) is 37.5 Å². The van der Waals surface area contributed by atoms with E-state index in [9.17, 15) is 5.11 Å². The zero-order valence-electron chi connectivity index (χ0n) is 13.8. The number of nitrogen functional groups attached to an aromatic ring is 1. The average Bonchev–Trinajstić information content (AvgIpc) is 2.54. The van der Waals surface area contributed by atoms with Gasteiger partial charge in [-0.05, 0) is 67.8 Å². The average molecular weight is 309 g/mol. The highest BCUT2D eigenvalue weighted by Crippen LogP contribution is 2.24. The topological polar surface area (TPSA) is 71.0 Å². The summed E-state index contributed by atoms with van der Waals surface area (Å²) in [6.07, 6.45) is 4.26. The van der Waals surface area contributed by atoms with Crippen molar-refractivity contribution in [2.24, 2.45) is 9.98 Å². The first kappa shape index (κ1) is 16.7. The second-order valence-electron chi connectivity index (χ2n) is 5.69. The number of phenols is 1. The van der Waals surface area contributed by atoms with Gasteiger partial charge in [0.2, 0.25) is 0 Å². The molecule has 0 amide bonds. The Morgan fingerprint density at radius 3 is 2.43 bits per heavy atom. The summed E-state index contributed by atoms with van der Waals surface area (Å²) in [7, 11) is 0. The first-order chi connectivity index (χ1) is 11.0. The van der Waals surface area contributed by atoms with Crippen LogP contribution in [0.25, 0.3) is 0 Å². The highest BCUT2D eigenvalue weighted by atomic mass is 16.3. The van der Waals surface area contributed by atoms with E-state index in [1.807, 2.05) is 51.3 Å². The smallest absolute Gasteiger partial charge is 0.127 e. The lowest BCUT2D eigenvalue weighted by molar-refractivity contribution is 0.468. The summed E-state index contributed by atoms with van der Waals surface area (Å²) in [5.41, 5.74) is 9.69. The molecule has 0 atom stereocenters. The van der Waals surface area contributed by atoms with Crippen LogP contribution >= 0.6 is 0 Å². The van der Waals surface area contributed by atoms with E-state index in [1.165, 1.54) is 0 Å². The maximum atomic E-state index is 10.4. The molecule has 3 N–H and O–H groups in total. The third kappa shape index (κ3) is 4.68. The van der Waals surface area contributed by atoms with Gasteiger partial charge in [0.05, 0.1) is 5.69 Å². The van der Waals surface area contributed by atoms with Gasteiger partial charge in [-0.15, -0.1) is 0 Å². The molecule has 2 rings (SSSR count). The van der Waals surface area contributed by atoms with Crippen molar-refractivity contribution in [3.8, 4) is 5.75 Å². The third-order valence-corrected chi connectivity index (χ3v) is 3.39. The van der Waals surface area contributed by atoms with Gasteiger partial charge in [0.15, 0.2) is 0 Å². The third-order valence-electron chi connectivity index (χ3n) is 3.39. The minimum atomic E-state index is 0.237. The van der Waals surface area contributed by atoms with E-state index in [1.54, 1.807) is 18.3 Å². The quantitative estimate of drug-likeness (QED) is 0.644. The highest BCUT2D eigenvalue weighted by Gasteiger charge is 2.07. The SMILES string of the molecule is CCc1cc(C=NC(C)C)cc(C=Nc2ccc(N)cc2)c1O. The molecule has 23 heavy (non-hydrogen) atoms. The molecule has 2 aromatic carbocycles. The molecule has 0 aliphatic rings. The second kappa shape index (κ2) is 7.58. The number of aliphatic imine (C=N–C) groups is 2. The predicted octanol–water partition coefficient (Wildman–Crippen LogP) is 4.11. The molecule has 0 fully saturated rings. The van der Waals surface area contributed by atoms with Crippen molar-refractivity contribution in [3.63, 3.8) is 0 Å². The Hall–Kier alpha value is -2.62. The molecule has 0 aliphatic heterocycles. The van der Waals surface area contributed by atoms with Crippen LogP contribution in [-0.2, 0) is 6.42 Å². The maximum Gasteiger partial charge on any atom is 0.127 e. The summed E-state index contributed by atoms with van der Waals surface area (Å²) in [5.74, 6) is 0.272. The fourth-order valence-electron chi connectivity index (χ4n) is 2.13. The number of nitrogens with two attached hydrogens (primary N) is 1. The van der Waals surface area contributed by atoms with Gasteiger partial charge in [-0.3, -0.25) is 9.98 Å². The molecule has 4 heteroatoms. The Balaban J connectivity index is 2.36. The van der Waals surface area contributed by atoms with E-state index in [0.717, 1.165) is 23.2 Å². The summed E-state index contributed by atoms with van der Waals surface area (Å²) in [4.78, 5) is 8.81. The largest absolute Gasteiger partial charge is 0.507 e. The lowest BCUT2D eigenvalue weighted by Gasteiger charge is -2.07. The van der Waals surface area contributed by atoms with Crippen molar-refractivity contribution in [2.45, 2.75) is 33.2 Å². The lowest BCUT2D eigenvalue weighted by Crippen LogP contribution is -1.95. The fraction of sp³-hybridized carbons (Fsp3) is 0.263. The zero-order chi connectivity index (χ0) is 16.8. The lowest BCUT2D eigenvalue weighted by atomic mass is 10.0. The van der Waals surface area contributed by atoms with Crippen LogP contribution in [-0.4, -0.2) is 23.6 Å². The van der Waals surface area contributed by atoms with Crippen molar-refractivity contribution in [3.05, 3.63) is 53.1 Å². The van der Waals surface area contributed by atoms with Crippen LogP contribution in [0.15, 0.2) is 46.4 Å². The van der Waals surface area contributed by atoms with E-state index in [0.29, 0.717) is 11.3 Å². The zero-order valence-corrected chi connectivity index (χ0v) is 13.8. The van der Waals surface area contributed by atoms with Crippen LogP contribution in [0.2, 0.25) is 0 Å². The van der Waals surface area contributed by atoms with Crippen molar-refractivity contribution in [1.82, 2.24) is 0 Å². The van der Waals surface area contributed by atoms with E-state index in [2.05, 4.69) is 9.98 Å². The molecule has 4 nitrogen and oxygen atoms in total. The maximum absolute atomic E-state index is 10.4. The minimum absolute atomic E-state index is 0.237. The molecule has 0 saturated heterocycles. The second-order valence-corrected chi connectivity index (χ2v) is 5.69. The molecule has 2 aromatic rings. The van der Waals surface area contributed by atoms with Gasteiger partial charge in [-0.2, -0.15) is 0 Å². The molecule has 0 radical (unpaired) electrons. The number of anilines is 1. The van der Waals surface area contributed by atoms with Crippen molar-refractivity contribution in [1.29, 1.82) is 0 Å². The van der Waals surface area contributed by atoms with Crippen LogP contribution in [0.3, 0.4) is 0 Å². The molecule has 0 heterocycles. The van der Waals surface area contributed by atoms with E-state index in [4.69, 9.17) is 5.73 Å². The number of aromatic hydroxyl groups is 1. The molecular formula is C19H23N3O. The van der Waals surface area contributed by atoms with Crippen LogP contribution < -0.4 is 5.73 Å². The summed E-state index contributed by atoms with van der Waals surface area (Å²) < 4.78 is 0. The van der Waals surface area contributed by atoms with Gasteiger partial charge in [-0.25, -0.2) is 0 Å². The van der Waals surface area contributed by atoms with Crippen LogP contribution in [0.5, 0.6) is 5.75 Å². The molecule has 120 valence electrons. The van der Waals surface area contributed by atoms with Gasteiger partial charge in [0.1, 0.15) is 5.75 Å². The normalized spacial score (nSPS) is 11.8. The number of phenolic OH excluding ortho intramolecular Hbond substituents is 1. The van der Waals surface area contributed by atoms with Crippen molar-refractivity contribution < 1.29 is 5.11 Å². The number of benzene rings is 2. The van der Waals surface area contributed by atoms with Gasteiger partial charge < -0.3 is 10.8 Å². The Labute approximate surface area is 137 Å². The first-order valence-corrected chi connectivity index (χ1v) is 7.78. The Kier molecular flexibility index (Phi) is 5.52.